The largest absolute Gasteiger partial charge is 0.459 e. The second-order valence-corrected chi connectivity index (χ2v) is 5.30. The maximum atomic E-state index is 11.9. The second-order valence-electron chi connectivity index (χ2n) is 5.30. The number of hydrogen-bond donors (Lipinski definition) is 2. The van der Waals surface area contributed by atoms with Crippen LogP contribution < -0.4 is 10.6 Å². The van der Waals surface area contributed by atoms with Crippen LogP contribution in [-0.2, 0) is 9.59 Å². The van der Waals surface area contributed by atoms with Crippen LogP contribution in [0, 0.1) is 0 Å². The van der Waals surface area contributed by atoms with E-state index in [4.69, 9.17) is 4.42 Å². The summed E-state index contributed by atoms with van der Waals surface area (Å²) in [5, 5.41) is 5.31. The molecule has 0 saturated carbocycles. The summed E-state index contributed by atoms with van der Waals surface area (Å²) in [5.41, 5.74) is 0. The van der Waals surface area contributed by atoms with E-state index in [0.29, 0.717) is 25.9 Å². The first kappa shape index (κ1) is 16.1. The first-order chi connectivity index (χ1) is 10.6. The maximum Gasteiger partial charge on any atom is 0.287 e. The van der Waals surface area contributed by atoms with E-state index in [2.05, 4.69) is 10.6 Å². The zero-order valence-electron chi connectivity index (χ0n) is 12.6. The second kappa shape index (κ2) is 7.63. The lowest BCUT2D eigenvalue weighted by atomic mass is 10.3. The third-order valence-electron chi connectivity index (χ3n) is 3.56. The van der Waals surface area contributed by atoms with E-state index in [0.717, 1.165) is 13.0 Å². The van der Waals surface area contributed by atoms with E-state index in [-0.39, 0.29) is 17.6 Å². The molecule has 7 heteroatoms. The lowest BCUT2D eigenvalue weighted by Gasteiger charge is -2.16. The Hall–Kier alpha value is -2.31. The molecule has 1 aromatic heterocycles. The van der Waals surface area contributed by atoms with Crippen molar-refractivity contribution < 1.29 is 18.8 Å². The molecular formula is C15H21N3O4. The van der Waals surface area contributed by atoms with Crippen molar-refractivity contribution in [2.24, 2.45) is 0 Å². The number of likely N-dealkylation sites (tertiary alicyclic amines) is 1. The van der Waals surface area contributed by atoms with Crippen molar-refractivity contribution in [3.63, 3.8) is 0 Å². The Balaban J connectivity index is 1.64. The summed E-state index contributed by atoms with van der Waals surface area (Å²) in [5.74, 6) is -0.319. The van der Waals surface area contributed by atoms with Gasteiger partial charge in [0.2, 0.25) is 11.8 Å². The molecule has 1 aromatic rings. The van der Waals surface area contributed by atoms with Crippen molar-refractivity contribution in [1.29, 1.82) is 0 Å². The molecule has 7 nitrogen and oxygen atoms in total. The highest BCUT2D eigenvalue weighted by Crippen LogP contribution is 2.09. The molecule has 1 aliphatic heterocycles. The molecule has 0 aliphatic carbocycles. The third kappa shape index (κ3) is 4.34. The number of nitrogens with zero attached hydrogens (tertiary/aromatic N) is 1. The van der Waals surface area contributed by atoms with Crippen LogP contribution in [0.4, 0.5) is 0 Å². The van der Waals surface area contributed by atoms with Crippen molar-refractivity contribution in [1.82, 2.24) is 15.5 Å². The molecule has 0 bridgehead atoms. The quantitative estimate of drug-likeness (QED) is 0.719. The van der Waals surface area contributed by atoms with Gasteiger partial charge in [0.1, 0.15) is 6.04 Å². The predicted molar refractivity (Wildman–Crippen MR) is 79.1 cm³/mol. The van der Waals surface area contributed by atoms with Crippen molar-refractivity contribution in [3.05, 3.63) is 24.2 Å². The third-order valence-corrected chi connectivity index (χ3v) is 3.56. The standard InChI is InChI=1S/C15H21N3O4/c1-11(17-15(21)12-5-3-10-22-12)14(20)16-7-4-9-18-8-2-6-13(18)19/h3,5,10-11H,2,4,6-9H2,1H3,(H,16,20)(H,17,21). The molecule has 1 atom stereocenters. The van der Waals surface area contributed by atoms with Crippen LogP contribution in [0.3, 0.4) is 0 Å². The maximum absolute atomic E-state index is 11.9. The van der Waals surface area contributed by atoms with Crippen molar-refractivity contribution >= 4 is 17.7 Å². The van der Waals surface area contributed by atoms with Crippen LogP contribution in [0.2, 0.25) is 0 Å². The normalized spacial score (nSPS) is 15.7. The molecule has 1 saturated heterocycles. The van der Waals surface area contributed by atoms with Gasteiger partial charge in [0, 0.05) is 26.1 Å². The molecule has 1 unspecified atom stereocenters. The van der Waals surface area contributed by atoms with Crippen LogP contribution in [-0.4, -0.2) is 48.3 Å². The summed E-state index contributed by atoms with van der Waals surface area (Å²) in [6.45, 7) is 3.55. The highest BCUT2D eigenvalue weighted by Gasteiger charge is 2.20. The lowest BCUT2D eigenvalue weighted by molar-refractivity contribution is -0.127. The highest BCUT2D eigenvalue weighted by atomic mass is 16.3. The van der Waals surface area contributed by atoms with Crippen LogP contribution in [0.1, 0.15) is 36.7 Å². The fourth-order valence-electron chi connectivity index (χ4n) is 2.32. The van der Waals surface area contributed by atoms with Gasteiger partial charge < -0.3 is 20.0 Å². The Morgan fingerprint density at radius 3 is 2.91 bits per heavy atom. The van der Waals surface area contributed by atoms with Gasteiger partial charge in [0.15, 0.2) is 5.76 Å². The van der Waals surface area contributed by atoms with Gasteiger partial charge in [0.05, 0.1) is 6.26 Å². The number of carbonyl (C=O) groups is 3. The van der Waals surface area contributed by atoms with E-state index in [1.807, 2.05) is 4.90 Å². The highest BCUT2D eigenvalue weighted by molar-refractivity contribution is 5.95. The fourth-order valence-corrected chi connectivity index (χ4v) is 2.32. The molecule has 1 aliphatic rings. The first-order valence-electron chi connectivity index (χ1n) is 7.48. The predicted octanol–water partition coefficient (Wildman–Crippen LogP) is 0.527. The topological polar surface area (TPSA) is 91.7 Å². The monoisotopic (exact) mass is 307 g/mol. The minimum Gasteiger partial charge on any atom is -0.459 e. The summed E-state index contributed by atoms with van der Waals surface area (Å²) < 4.78 is 4.96. The number of amides is 3. The number of nitrogens with one attached hydrogen (secondary N) is 2. The minimum absolute atomic E-state index is 0.173. The molecule has 0 aromatic carbocycles. The Morgan fingerprint density at radius 2 is 2.27 bits per heavy atom. The Labute approximate surface area is 129 Å². The lowest BCUT2D eigenvalue weighted by Crippen LogP contribution is -2.45. The number of carbonyl (C=O) groups excluding carboxylic acids is 3. The minimum atomic E-state index is -0.647. The van der Waals surface area contributed by atoms with E-state index in [9.17, 15) is 14.4 Å². The number of furan rings is 1. The Kier molecular flexibility index (Phi) is 5.57. The van der Waals surface area contributed by atoms with Gasteiger partial charge >= 0.3 is 0 Å². The van der Waals surface area contributed by atoms with Crippen molar-refractivity contribution in [3.8, 4) is 0 Å². The van der Waals surface area contributed by atoms with Gasteiger partial charge in [-0.1, -0.05) is 0 Å². The number of rotatable bonds is 7. The fraction of sp³-hybridized carbons (Fsp3) is 0.533. The van der Waals surface area contributed by atoms with Gasteiger partial charge in [-0.25, -0.2) is 0 Å². The molecule has 0 spiro atoms. The van der Waals surface area contributed by atoms with Crippen LogP contribution in [0.25, 0.3) is 0 Å². The van der Waals surface area contributed by atoms with E-state index in [1.165, 1.54) is 12.3 Å². The molecule has 1 fully saturated rings. The van der Waals surface area contributed by atoms with Crippen LogP contribution in [0.5, 0.6) is 0 Å². The molecule has 2 heterocycles. The van der Waals surface area contributed by atoms with E-state index in [1.54, 1.807) is 13.0 Å². The van der Waals surface area contributed by atoms with Gasteiger partial charge in [-0.3, -0.25) is 14.4 Å². The molecule has 0 radical (unpaired) electrons. The Bertz CT molecular complexity index is 527. The zero-order chi connectivity index (χ0) is 15.9. The summed E-state index contributed by atoms with van der Waals surface area (Å²) in [7, 11) is 0. The van der Waals surface area contributed by atoms with Gasteiger partial charge in [0.25, 0.3) is 5.91 Å². The summed E-state index contributed by atoms with van der Waals surface area (Å²) >= 11 is 0. The summed E-state index contributed by atoms with van der Waals surface area (Å²) in [6, 6.07) is 2.50. The molecule has 3 amide bonds. The van der Waals surface area contributed by atoms with E-state index >= 15 is 0 Å². The average Bonchev–Trinajstić information content (AvgIpc) is 3.15. The SMILES string of the molecule is CC(NC(=O)c1ccco1)C(=O)NCCCN1CCCC1=O. The summed E-state index contributed by atoms with van der Waals surface area (Å²) in [4.78, 5) is 36.8. The van der Waals surface area contributed by atoms with Crippen molar-refractivity contribution in [2.45, 2.75) is 32.2 Å². The smallest absolute Gasteiger partial charge is 0.287 e. The molecule has 120 valence electrons. The van der Waals surface area contributed by atoms with Gasteiger partial charge in [-0.2, -0.15) is 0 Å². The summed E-state index contributed by atoms with van der Waals surface area (Å²) in [6.07, 6.45) is 3.65. The van der Waals surface area contributed by atoms with E-state index < -0.39 is 11.9 Å². The van der Waals surface area contributed by atoms with Crippen molar-refractivity contribution in [2.75, 3.05) is 19.6 Å². The Morgan fingerprint density at radius 1 is 1.45 bits per heavy atom. The van der Waals surface area contributed by atoms with Crippen LogP contribution >= 0.6 is 0 Å². The molecule has 2 N–H and O–H groups in total. The van der Waals surface area contributed by atoms with Gasteiger partial charge in [-0.15, -0.1) is 0 Å². The number of hydrogen-bond acceptors (Lipinski definition) is 4. The first-order valence-corrected chi connectivity index (χ1v) is 7.48. The van der Waals surface area contributed by atoms with Crippen LogP contribution in [0.15, 0.2) is 22.8 Å². The zero-order valence-corrected chi connectivity index (χ0v) is 12.6. The van der Waals surface area contributed by atoms with Gasteiger partial charge in [-0.05, 0) is 31.9 Å². The molecule has 22 heavy (non-hydrogen) atoms. The average molecular weight is 307 g/mol. The molecular weight excluding hydrogens is 286 g/mol. The molecule has 2 rings (SSSR count).